The van der Waals surface area contributed by atoms with Gasteiger partial charge in [-0.15, -0.1) is 0 Å². The molecule has 3 amide bonds. The molecule has 2 N–H and O–H groups in total. The van der Waals surface area contributed by atoms with Crippen LogP contribution in [0.4, 0.5) is 10.5 Å². The van der Waals surface area contributed by atoms with E-state index in [0.717, 1.165) is 24.3 Å². The smallest absolute Gasteiger partial charge is 0.322 e. The summed E-state index contributed by atoms with van der Waals surface area (Å²) in [7, 11) is 0. The molecule has 1 saturated heterocycles. The molecule has 1 aromatic rings. The lowest BCUT2D eigenvalue weighted by molar-refractivity contribution is -0.120. The lowest BCUT2D eigenvalue weighted by atomic mass is 10.2. The van der Waals surface area contributed by atoms with Crippen LogP contribution >= 0.6 is 0 Å². The highest BCUT2D eigenvalue weighted by molar-refractivity contribution is 6.04. The van der Waals surface area contributed by atoms with Gasteiger partial charge in [-0.2, -0.15) is 0 Å². The van der Waals surface area contributed by atoms with Gasteiger partial charge in [-0.3, -0.25) is 15.1 Å². The molecule has 16 heavy (non-hydrogen) atoms. The summed E-state index contributed by atoms with van der Waals surface area (Å²) in [5.41, 5.74) is 0.746. The number of nitrogens with zero attached hydrogens (tertiary/aromatic N) is 1. The molecule has 1 unspecified atom stereocenters. The van der Waals surface area contributed by atoms with Crippen LogP contribution in [0.5, 0.6) is 0 Å². The highest BCUT2D eigenvalue weighted by Crippen LogP contribution is 2.31. The van der Waals surface area contributed by atoms with E-state index in [0.29, 0.717) is 5.76 Å². The number of carbonyl (C=O) groups is 2. The van der Waals surface area contributed by atoms with E-state index in [2.05, 4.69) is 15.6 Å². The predicted molar refractivity (Wildman–Crippen MR) is 54.6 cm³/mol. The molecular weight excluding hydrogens is 210 g/mol. The van der Waals surface area contributed by atoms with Gasteiger partial charge in [-0.05, 0) is 6.42 Å². The van der Waals surface area contributed by atoms with Gasteiger partial charge in [0, 0.05) is 18.7 Å². The highest BCUT2D eigenvalue weighted by atomic mass is 16.3. The van der Waals surface area contributed by atoms with Crippen molar-refractivity contribution < 1.29 is 14.0 Å². The van der Waals surface area contributed by atoms with Gasteiger partial charge >= 0.3 is 6.03 Å². The Morgan fingerprint density at radius 2 is 2.31 bits per heavy atom. The van der Waals surface area contributed by atoms with Gasteiger partial charge in [0.15, 0.2) is 6.04 Å². The van der Waals surface area contributed by atoms with E-state index in [1.54, 1.807) is 6.07 Å². The molecule has 6 heteroatoms. The second-order valence-corrected chi connectivity index (χ2v) is 3.70. The Morgan fingerprint density at radius 3 is 3.00 bits per heavy atom. The molecule has 1 atom stereocenters. The Labute approximate surface area is 90.7 Å². The number of rotatable bonds is 1. The summed E-state index contributed by atoms with van der Waals surface area (Å²) >= 11 is 0. The fourth-order valence-electron chi connectivity index (χ4n) is 1.85. The van der Waals surface area contributed by atoms with Crippen molar-refractivity contribution in [2.75, 3.05) is 0 Å². The third kappa shape index (κ3) is 1.30. The van der Waals surface area contributed by atoms with Gasteiger partial charge in [0.25, 0.3) is 5.91 Å². The van der Waals surface area contributed by atoms with E-state index < -0.39 is 12.1 Å². The van der Waals surface area contributed by atoms with Crippen molar-refractivity contribution in [3.8, 4) is 0 Å². The topological polar surface area (TPSA) is 83.7 Å². The lowest BCUT2D eigenvalue weighted by Gasteiger charge is -2.02. The highest BCUT2D eigenvalue weighted by Gasteiger charge is 2.34. The Morgan fingerprint density at radius 1 is 1.44 bits per heavy atom. The fourth-order valence-corrected chi connectivity index (χ4v) is 1.85. The summed E-state index contributed by atoms with van der Waals surface area (Å²) in [6.45, 7) is 0. The molecule has 2 aliphatic heterocycles. The Bertz CT molecular complexity index is 503. The Hall–Kier alpha value is -2.11. The van der Waals surface area contributed by atoms with Gasteiger partial charge in [0.05, 0.1) is 0 Å². The molecule has 82 valence electrons. The number of urea groups is 1. The first-order valence-corrected chi connectivity index (χ1v) is 5.00. The predicted octanol–water partition coefficient (Wildman–Crippen LogP) is 0.809. The number of aliphatic imine (C=N–C) groups is 1. The molecule has 2 aliphatic rings. The van der Waals surface area contributed by atoms with Crippen LogP contribution in [0, 0.1) is 0 Å². The van der Waals surface area contributed by atoms with Crippen LogP contribution < -0.4 is 10.6 Å². The number of carbonyl (C=O) groups excluding carboxylic acids is 2. The first kappa shape index (κ1) is 9.14. The van der Waals surface area contributed by atoms with Crippen molar-refractivity contribution in [3.05, 3.63) is 17.6 Å². The molecule has 1 fully saturated rings. The zero-order valence-corrected chi connectivity index (χ0v) is 8.32. The van der Waals surface area contributed by atoms with Gasteiger partial charge < -0.3 is 9.73 Å². The summed E-state index contributed by atoms with van der Waals surface area (Å²) in [6.07, 6.45) is 3.43. The third-order valence-electron chi connectivity index (χ3n) is 2.60. The Kier molecular flexibility index (Phi) is 1.82. The lowest BCUT2D eigenvalue weighted by Crippen LogP contribution is -2.22. The fraction of sp³-hybridized carbons (Fsp3) is 0.300. The second-order valence-electron chi connectivity index (χ2n) is 3.70. The van der Waals surface area contributed by atoms with Crippen molar-refractivity contribution in [3.63, 3.8) is 0 Å². The molecule has 0 aliphatic carbocycles. The molecule has 0 bridgehead atoms. The first-order chi connectivity index (χ1) is 7.74. The summed E-state index contributed by atoms with van der Waals surface area (Å²) in [4.78, 5) is 26.5. The Balaban J connectivity index is 1.95. The molecule has 1 aromatic heterocycles. The van der Waals surface area contributed by atoms with Crippen LogP contribution in [-0.2, 0) is 11.2 Å². The largest absolute Gasteiger partial charge is 0.461 e. The van der Waals surface area contributed by atoms with Crippen LogP contribution in [-0.4, -0.2) is 18.2 Å². The summed E-state index contributed by atoms with van der Waals surface area (Å²) in [5.74, 6) is 0.818. The van der Waals surface area contributed by atoms with Gasteiger partial charge in [-0.1, -0.05) is 0 Å². The minimum Gasteiger partial charge on any atom is -0.461 e. The summed E-state index contributed by atoms with van der Waals surface area (Å²) in [6, 6.07) is 0.474. The molecule has 0 spiro atoms. The summed E-state index contributed by atoms with van der Waals surface area (Å²) < 4.78 is 5.52. The molecule has 6 nitrogen and oxygen atoms in total. The van der Waals surface area contributed by atoms with Crippen LogP contribution in [0.25, 0.3) is 0 Å². The van der Waals surface area contributed by atoms with Gasteiger partial charge in [0.1, 0.15) is 17.2 Å². The monoisotopic (exact) mass is 219 g/mol. The number of fused-ring (bicyclic) bond motifs is 1. The number of furan rings is 1. The maximum Gasteiger partial charge on any atom is 0.322 e. The van der Waals surface area contributed by atoms with Crippen LogP contribution in [0.2, 0.25) is 0 Å². The van der Waals surface area contributed by atoms with E-state index in [4.69, 9.17) is 4.42 Å². The van der Waals surface area contributed by atoms with Crippen molar-refractivity contribution in [2.24, 2.45) is 4.99 Å². The first-order valence-electron chi connectivity index (χ1n) is 5.00. The van der Waals surface area contributed by atoms with Crippen molar-refractivity contribution in [1.82, 2.24) is 10.6 Å². The molecule has 3 heterocycles. The minimum absolute atomic E-state index is 0.389. The average molecular weight is 219 g/mol. The van der Waals surface area contributed by atoms with E-state index in [-0.39, 0.29) is 5.91 Å². The molecular formula is C10H9N3O3. The summed E-state index contributed by atoms with van der Waals surface area (Å²) in [5, 5.41) is 4.64. The number of imide groups is 1. The number of hydrogen-bond donors (Lipinski definition) is 2. The molecule has 0 radical (unpaired) electrons. The molecule has 3 rings (SSSR count). The van der Waals surface area contributed by atoms with Crippen molar-refractivity contribution in [1.29, 1.82) is 0 Å². The van der Waals surface area contributed by atoms with Gasteiger partial charge in [0.2, 0.25) is 0 Å². The second kappa shape index (κ2) is 3.19. The minimum atomic E-state index is -0.728. The normalized spacial score (nSPS) is 22.9. The maximum atomic E-state index is 11.4. The number of nitrogens with one attached hydrogen (secondary N) is 2. The molecule has 0 saturated carbocycles. The quantitative estimate of drug-likeness (QED) is 0.685. The number of amides is 3. The molecule has 0 aromatic carbocycles. The maximum absolute atomic E-state index is 11.4. The zero-order chi connectivity index (χ0) is 11.1. The standard InChI is InChI=1S/C10H9N3O3/c14-9-8(12-10(15)13-9)7-4-5-6(16-7)2-1-3-11-5/h3-4,8H,1-2H2,(H2,12,13,14,15). The average Bonchev–Trinajstić information content (AvgIpc) is 2.81. The van der Waals surface area contributed by atoms with Crippen molar-refractivity contribution in [2.45, 2.75) is 18.9 Å². The zero-order valence-electron chi connectivity index (χ0n) is 8.32. The van der Waals surface area contributed by atoms with Crippen molar-refractivity contribution >= 4 is 23.8 Å². The van der Waals surface area contributed by atoms with Gasteiger partial charge in [-0.25, -0.2) is 4.79 Å². The van der Waals surface area contributed by atoms with E-state index >= 15 is 0 Å². The number of hydrogen-bond acceptors (Lipinski definition) is 4. The van der Waals surface area contributed by atoms with E-state index in [9.17, 15) is 9.59 Å². The number of aryl methyl sites for hydroxylation is 1. The third-order valence-corrected chi connectivity index (χ3v) is 2.60. The van der Waals surface area contributed by atoms with E-state index in [1.165, 1.54) is 0 Å². The SMILES string of the molecule is O=C1NC(=O)C(c2cc3c(o2)CCC=N3)N1. The van der Waals surface area contributed by atoms with E-state index in [1.807, 2.05) is 6.21 Å². The van der Waals surface area contributed by atoms with Crippen LogP contribution in [0.15, 0.2) is 15.5 Å². The van der Waals surface area contributed by atoms with Crippen LogP contribution in [0.3, 0.4) is 0 Å². The van der Waals surface area contributed by atoms with Crippen LogP contribution in [0.1, 0.15) is 24.0 Å².